The Kier molecular flexibility index (Phi) is 7.84. The number of morpholine rings is 1. The van der Waals surface area contributed by atoms with Gasteiger partial charge in [-0.3, -0.25) is 9.88 Å². The Morgan fingerprint density at radius 2 is 1.89 bits per heavy atom. The number of hydrogen-bond donors (Lipinski definition) is 1. The molecule has 0 radical (unpaired) electrons. The van der Waals surface area contributed by atoms with E-state index in [0.717, 1.165) is 73.7 Å². The first-order chi connectivity index (χ1) is 17.4. The van der Waals surface area contributed by atoms with Gasteiger partial charge in [-0.2, -0.15) is 0 Å². The van der Waals surface area contributed by atoms with Gasteiger partial charge in [-0.25, -0.2) is 0 Å². The third-order valence-electron chi connectivity index (χ3n) is 7.11. The molecule has 0 saturated carbocycles. The van der Waals surface area contributed by atoms with Gasteiger partial charge in [0.25, 0.3) is 0 Å². The minimum absolute atomic E-state index is 0.0168. The van der Waals surface area contributed by atoms with Crippen molar-refractivity contribution < 1.29 is 4.74 Å². The predicted octanol–water partition coefficient (Wildman–Crippen LogP) is 5.49. The fourth-order valence-corrected chi connectivity index (χ4v) is 6.22. The monoisotopic (exact) mass is 543 g/mol. The number of nitrogens with zero attached hydrogens (tertiary/aromatic N) is 4. The third kappa shape index (κ3) is 5.13. The molecule has 0 aliphatic carbocycles. The fourth-order valence-electron chi connectivity index (χ4n) is 5.39. The van der Waals surface area contributed by atoms with Crippen LogP contribution in [0.4, 0.5) is 0 Å². The first-order valence-corrected chi connectivity index (χ1v) is 13.5. The van der Waals surface area contributed by atoms with Gasteiger partial charge in [0.05, 0.1) is 41.7 Å². The second-order valence-electron chi connectivity index (χ2n) is 9.39. The molecule has 9 heteroatoms. The van der Waals surface area contributed by atoms with Crippen LogP contribution in [0.5, 0.6) is 0 Å². The van der Waals surface area contributed by atoms with Crippen LogP contribution in [-0.4, -0.2) is 63.9 Å². The summed E-state index contributed by atoms with van der Waals surface area (Å²) in [5.74, 6) is 0. The number of ether oxygens (including phenoxy) is 1. The lowest BCUT2D eigenvalue weighted by Gasteiger charge is -2.30. The first kappa shape index (κ1) is 25.5. The SMILES string of the molecule is Cc1cc([C@@H]2[C@H](c3ccccn3)NC(=S)N2CCCN2CCOCC2)c(C)n1-c1ccc(Cl)cc1Cl. The van der Waals surface area contributed by atoms with E-state index >= 15 is 0 Å². The van der Waals surface area contributed by atoms with E-state index in [2.05, 4.69) is 50.6 Å². The van der Waals surface area contributed by atoms with Crippen molar-refractivity contribution >= 4 is 40.5 Å². The quantitative estimate of drug-likeness (QED) is 0.397. The van der Waals surface area contributed by atoms with Crippen LogP contribution in [-0.2, 0) is 4.74 Å². The third-order valence-corrected chi connectivity index (χ3v) is 8.00. The summed E-state index contributed by atoms with van der Waals surface area (Å²) in [4.78, 5) is 9.49. The Morgan fingerprint density at radius 3 is 2.61 bits per heavy atom. The maximum Gasteiger partial charge on any atom is 0.170 e. The van der Waals surface area contributed by atoms with Gasteiger partial charge >= 0.3 is 0 Å². The molecule has 2 aromatic heterocycles. The van der Waals surface area contributed by atoms with Gasteiger partial charge in [0, 0.05) is 48.8 Å². The van der Waals surface area contributed by atoms with E-state index in [4.69, 9.17) is 40.2 Å². The number of aromatic nitrogens is 2. The Labute approximate surface area is 228 Å². The molecule has 6 nitrogen and oxygen atoms in total. The predicted molar refractivity (Wildman–Crippen MR) is 149 cm³/mol. The molecule has 0 bridgehead atoms. The van der Waals surface area contributed by atoms with E-state index in [1.165, 1.54) is 5.56 Å². The molecule has 3 aromatic rings. The number of pyridine rings is 1. The lowest BCUT2D eigenvalue weighted by molar-refractivity contribution is 0.0365. The minimum Gasteiger partial charge on any atom is -0.379 e. The first-order valence-electron chi connectivity index (χ1n) is 12.4. The fraction of sp³-hybridized carbons (Fsp3) is 0.407. The molecule has 0 amide bonds. The van der Waals surface area contributed by atoms with E-state index < -0.39 is 0 Å². The van der Waals surface area contributed by atoms with Crippen LogP contribution < -0.4 is 5.32 Å². The normalized spacial score (nSPS) is 20.7. The summed E-state index contributed by atoms with van der Waals surface area (Å²) < 4.78 is 7.71. The molecule has 4 heterocycles. The lowest BCUT2D eigenvalue weighted by Crippen LogP contribution is -2.39. The molecule has 190 valence electrons. The van der Waals surface area contributed by atoms with Crippen LogP contribution in [0.1, 0.15) is 41.1 Å². The zero-order valence-corrected chi connectivity index (χ0v) is 22.9. The molecule has 2 fully saturated rings. The van der Waals surface area contributed by atoms with E-state index in [-0.39, 0.29) is 12.1 Å². The average Bonchev–Trinajstić information content (AvgIpc) is 3.35. The number of aryl methyl sites for hydroxylation is 1. The highest BCUT2D eigenvalue weighted by Gasteiger charge is 2.41. The Bertz CT molecular complexity index is 1230. The summed E-state index contributed by atoms with van der Waals surface area (Å²) in [5.41, 5.74) is 5.36. The number of benzene rings is 1. The Morgan fingerprint density at radius 1 is 1.08 bits per heavy atom. The van der Waals surface area contributed by atoms with Crippen LogP contribution in [0.15, 0.2) is 48.7 Å². The van der Waals surface area contributed by atoms with Crippen molar-refractivity contribution in [3.8, 4) is 5.69 Å². The van der Waals surface area contributed by atoms with Crippen LogP contribution in [0, 0.1) is 13.8 Å². The van der Waals surface area contributed by atoms with Gasteiger partial charge in [0.1, 0.15) is 0 Å². The van der Waals surface area contributed by atoms with Gasteiger partial charge in [0.2, 0.25) is 0 Å². The van der Waals surface area contributed by atoms with Crippen molar-refractivity contribution in [3.05, 3.63) is 81.4 Å². The standard InChI is InChI=1S/C27H31Cl2N5OS/c1-18-16-21(19(2)34(18)24-8-7-20(28)17-22(24)29)26-25(23-6-3-4-9-30-23)31-27(36)33(26)11-5-10-32-12-14-35-15-13-32/h3-4,6-9,16-17,25-26H,5,10-15H2,1-2H3,(H,31,36)/t25-,26+/m0/s1. The van der Waals surface area contributed by atoms with Crippen LogP contribution in [0.25, 0.3) is 5.69 Å². The zero-order valence-electron chi connectivity index (χ0n) is 20.6. The highest BCUT2D eigenvalue weighted by Crippen LogP contribution is 2.42. The van der Waals surface area contributed by atoms with Crippen LogP contribution >= 0.6 is 35.4 Å². The minimum atomic E-state index is -0.0447. The lowest BCUT2D eigenvalue weighted by atomic mass is 9.96. The smallest absolute Gasteiger partial charge is 0.170 e. The van der Waals surface area contributed by atoms with Crippen LogP contribution in [0.2, 0.25) is 10.0 Å². The summed E-state index contributed by atoms with van der Waals surface area (Å²) in [6.45, 7) is 9.76. The molecule has 2 aliphatic heterocycles. The summed E-state index contributed by atoms with van der Waals surface area (Å²) in [7, 11) is 0. The average molecular weight is 545 g/mol. The van der Waals surface area contributed by atoms with Crippen molar-refractivity contribution in [1.29, 1.82) is 0 Å². The van der Waals surface area contributed by atoms with Gasteiger partial charge in [-0.1, -0.05) is 29.3 Å². The zero-order chi connectivity index (χ0) is 25.2. The van der Waals surface area contributed by atoms with Gasteiger partial charge in [0.15, 0.2) is 5.11 Å². The van der Waals surface area contributed by atoms with Crippen molar-refractivity contribution in [3.63, 3.8) is 0 Å². The largest absolute Gasteiger partial charge is 0.379 e. The topological polar surface area (TPSA) is 45.6 Å². The molecule has 2 atom stereocenters. The highest BCUT2D eigenvalue weighted by atomic mass is 35.5. The molecular formula is C27H31Cl2N5OS. The molecule has 1 aromatic carbocycles. The highest BCUT2D eigenvalue weighted by molar-refractivity contribution is 7.80. The molecule has 0 unspecified atom stereocenters. The van der Waals surface area contributed by atoms with Gasteiger partial charge in [-0.05, 0) is 74.4 Å². The molecule has 36 heavy (non-hydrogen) atoms. The van der Waals surface area contributed by atoms with Crippen LogP contribution in [0.3, 0.4) is 0 Å². The Hall–Kier alpha value is -2.16. The summed E-state index contributed by atoms with van der Waals surface area (Å²) >= 11 is 18.7. The van der Waals surface area contributed by atoms with E-state index in [0.29, 0.717) is 10.0 Å². The maximum atomic E-state index is 6.62. The summed E-state index contributed by atoms with van der Waals surface area (Å²) in [6, 6.07) is 13.9. The van der Waals surface area contributed by atoms with E-state index in [1.807, 2.05) is 30.5 Å². The summed E-state index contributed by atoms with van der Waals surface area (Å²) in [5, 5.41) is 5.60. The maximum absolute atomic E-state index is 6.62. The molecular weight excluding hydrogens is 513 g/mol. The van der Waals surface area contributed by atoms with Crippen molar-refractivity contribution in [2.24, 2.45) is 0 Å². The van der Waals surface area contributed by atoms with E-state index in [1.54, 1.807) is 6.07 Å². The van der Waals surface area contributed by atoms with Crippen molar-refractivity contribution in [2.45, 2.75) is 32.4 Å². The molecule has 2 aliphatic rings. The number of rotatable bonds is 7. The van der Waals surface area contributed by atoms with Gasteiger partial charge < -0.3 is 19.5 Å². The number of hydrogen-bond acceptors (Lipinski definition) is 4. The second kappa shape index (κ2) is 11.1. The van der Waals surface area contributed by atoms with Crippen molar-refractivity contribution in [1.82, 2.24) is 24.7 Å². The molecule has 5 rings (SSSR count). The second-order valence-corrected chi connectivity index (χ2v) is 10.6. The molecule has 1 N–H and O–H groups in total. The van der Waals surface area contributed by atoms with Gasteiger partial charge in [-0.15, -0.1) is 0 Å². The van der Waals surface area contributed by atoms with Crippen molar-refractivity contribution in [2.75, 3.05) is 39.4 Å². The number of thiocarbonyl (C=S) groups is 1. The summed E-state index contributed by atoms with van der Waals surface area (Å²) in [6.07, 6.45) is 2.87. The van der Waals surface area contributed by atoms with E-state index in [9.17, 15) is 0 Å². The molecule has 2 saturated heterocycles. The number of halogens is 2. The molecule has 0 spiro atoms. The number of nitrogens with one attached hydrogen (secondary N) is 1. The Balaban J connectivity index is 1.49.